The van der Waals surface area contributed by atoms with Crippen LogP contribution in [0.5, 0.6) is 5.75 Å². The van der Waals surface area contributed by atoms with Crippen molar-refractivity contribution in [1.82, 2.24) is 0 Å². The highest BCUT2D eigenvalue weighted by atomic mass is 16.6. The van der Waals surface area contributed by atoms with Crippen LogP contribution < -0.4 is 10.5 Å². The van der Waals surface area contributed by atoms with Crippen LogP contribution in [0.2, 0.25) is 0 Å². The fraction of sp³-hybridized carbons (Fsp3) is 0.364. The molecule has 1 saturated heterocycles. The SMILES string of the molecule is CC12CCCOC1C1(COC(N)=N1)c1cc(-c3cccc(C#N)c3)ccc1O2. The molecule has 2 aromatic carbocycles. The van der Waals surface area contributed by atoms with Crippen molar-refractivity contribution in [3.05, 3.63) is 53.6 Å². The summed E-state index contributed by atoms with van der Waals surface area (Å²) in [6, 6.07) is 16.0. The summed E-state index contributed by atoms with van der Waals surface area (Å²) in [6.07, 6.45) is 1.56. The highest BCUT2D eigenvalue weighted by Gasteiger charge is 2.60. The molecule has 3 atom stereocenters. The molecule has 2 N–H and O–H groups in total. The molecule has 6 heteroatoms. The Morgan fingerprint density at radius 3 is 2.86 bits per heavy atom. The minimum Gasteiger partial charge on any atom is -0.484 e. The molecular weight excluding hydrogens is 354 g/mol. The van der Waals surface area contributed by atoms with Gasteiger partial charge in [0.15, 0.2) is 5.54 Å². The maximum Gasteiger partial charge on any atom is 0.283 e. The van der Waals surface area contributed by atoms with E-state index in [1.165, 1.54) is 0 Å². The molecule has 0 aromatic heterocycles. The first-order valence-corrected chi connectivity index (χ1v) is 9.48. The lowest BCUT2D eigenvalue weighted by Crippen LogP contribution is -2.62. The molecule has 3 aliphatic heterocycles. The van der Waals surface area contributed by atoms with Crippen molar-refractivity contribution in [3.8, 4) is 22.9 Å². The Bertz CT molecular complexity index is 1030. The minimum atomic E-state index is -0.727. The summed E-state index contributed by atoms with van der Waals surface area (Å²) in [5.74, 6) is 0.784. The van der Waals surface area contributed by atoms with E-state index in [-0.39, 0.29) is 12.1 Å². The summed E-state index contributed by atoms with van der Waals surface area (Å²) in [7, 11) is 0. The number of benzene rings is 2. The van der Waals surface area contributed by atoms with Crippen molar-refractivity contribution >= 4 is 6.02 Å². The molecule has 2 aromatic rings. The third kappa shape index (κ3) is 2.40. The molecule has 0 saturated carbocycles. The summed E-state index contributed by atoms with van der Waals surface area (Å²) >= 11 is 0. The van der Waals surface area contributed by atoms with Gasteiger partial charge in [-0.3, -0.25) is 0 Å². The molecule has 28 heavy (non-hydrogen) atoms. The summed E-state index contributed by atoms with van der Waals surface area (Å²) in [5, 5.41) is 9.22. The Balaban J connectivity index is 1.69. The monoisotopic (exact) mass is 375 g/mol. The third-order valence-corrected chi connectivity index (χ3v) is 5.95. The lowest BCUT2D eigenvalue weighted by Gasteiger charge is -2.51. The standard InChI is InChI=1S/C22H21N3O3/c1-21-8-3-9-26-19(21)22(13-27-20(24)25-22)17-11-16(6-7-18(17)28-21)15-5-2-4-14(10-15)12-23/h2,4-7,10-11,19H,3,8-9,13H2,1H3,(H2,24,25). The van der Waals surface area contributed by atoms with Gasteiger partial charge in [0, 0.05) is 12.2 Å². The zero-order chi connectivity index (χ0) is 19.4. The van der Waals surface area contributed by atoms with Gasteiger partial charge in [-0.1, -0.05) is 18.2 Å². The van der Waals surface area contributed by atoms with Gasteiger partial charge in [0.2, 0.25) is 0 Å². The lowest BCUT2D eigenvalue weighted by molar-refractivity contribution is -0.167. The van der Waals surface area contributed by atoms with E-state index in [1.807, 2.05) is 30.3 Å². The van der Waals surface area contributed by atoms with Crippen molar-refractivity contribution in [2.75, 3.05) is 13.2 Å². The molecule has 0 amide bonds. The van der Waals surface area contributed by atoms with Crippen LogP contribution in [0, 0.1) is 11.3 Å². The smallest absolute Gasteiger partial charge is 0.283 e. The number of hydrogen-bond acceptors (Lipinski definition) is 6. The van der Waals surface area contributed by atoms with E-state index in [0.717, 1.165) is 35.3 Å². The van der Waals surface area contributed by atoms with Crippen LogP contribution in [0.3, 0.4) is 0 Å². The average molecular weight is 375 g/mol. The Hall–Kier alpha value is -3.04. The number of ether oxygens (including phenoxy) is 3. The van der Waals surface area contributed by atoms with Crippen molar-refractivity contribution in [1.29, 1.82) is 5.26 Å². The molecule has 3 unspecified atom stereocenters. The highest BCUT2D eigenvalue weighted by Crippen LogP contribution is 2.52. The fourth-order valence-electron chi connectivity index (χ4n) is 4.69. The van der Waals surface area contributed by atoms with E-state index >= 15 is 0 Å². The maximum absolute atomic E-state index is 9.22. The van der Waals surface area contributed by atoms with E-state index in [9.17, 15) is 5.26 Å². The van der Waals surface area contributed by atoms with Gasteiger partial charge in [-0.15, -0.1) is 0 Å². The number of nitriles is 1. The Morgan fingerprint density at radius 2 is 2.07 bits per heavy atom. The average Bonchev–Trinajstić information content (AvgIpc) is 3.10. The molecule has 0 bridgehead atoms. The molecule has 5 rings (SSSR count). The van der Waals surface area contributed by atoms with Gasteiger partial charge in [0.25, 0.3) is 6.02 Å². The number of rotatable bonds is 1. The molecule has 142 valence electrons. The summed E-state index contributed by atoms with van der Waals surface area (Å²) in [6.45, 7) is 3.08. The van der Waals surface area contributed by atoms with E-state index in [4.69, 9.17) is 24.9 Å². The number of hydrogen-bond donors (Lipinski definition) is 1. The van der Waals surface area contributed by atoms with Crippen LogP contribution in [0.25, 0.3) is 11.1 Å². The number of fused-ring (bicyclic) bond motifs is 4. The second kappa shape index (κ2) is 5.98. The second-order valence-electron chi connectivity index (χ2n) is 7.84. The zero-order valence-corrected chi connectivity index (χ0v) is 15.6. The van der Waals surface area contributed by atoms with Gasteiger partial charge in [0.05, 0.1) is 11.6 Å². The largest absolute Gasteiger partial charge is 0.484 e. The van der Waals surface area contributed by atoms with Gasteiger partial charge in [-0.2, -0.15) is 5.26 Å². The number of amidine groups is 1. The molecule has 1 spiro atoms. The maximum atomic E-state index is 9.22. The normalized spacial score (nSPS) is 30.4. The van der Waals surface area contributed by atoms with Gasteiger partial charge in [0.1, 0.15) is 24.1 Å². The summed E-state index contributed by atoms with van der Waals surface area (Å²) in [4.78, 5) is 4.73. The topological polar surface area (TPSA) is 89.9 Å². The van der Waals surface area contributed by atoms with Crippen LogP contribution in [0.4, 0.5) is 0 Å². The first kappa shape index (κ1) is 17.1. The minimum absolute atomic E-state index is 0.182. The molecule has 0 aliphatic carbocycles. The van der Waals surface area contributed by atoms with E-state index in [2.05, 4.69) is 19.1 Å². The zero-order valence-electron chi connectivity index (χ0n) is 15.6. The van der Waals surface area contributed by atoms with Gasteiger partial charge >= 0.3 is 0 Å². The number of nitrogens with zero attached hydrogens (tertiary/aromatic N) is 2. The predicted molar refractivity (Wildman–Crippen MR) is 104 cm³/mol. The van der Waals surface area contributed by atoms with Gasteiger partial charge < -0.3 is 19.9 Å². The first-order chi connectivity index (χ1) is 13.5. The highest BCUT2D eigenvalue weighted by molar-refractivity contribution is 5.76. The summed E-state index contributed by atoms with van der Waals surface area (Å²) < 4.78 is 18.3. The van der Waals surface area contributed by atoms with Crippen LogP contribution in [-0.4, -0.2) is 30.9 Å². The number of aliphatic imine (C=N–C) groups is 1. The van der Waals surface area contributed by atoms with Crippen molar-refractivity contribution in [3.63, 3.8) is 0 Å². The quantitative estimate of drug-likeness (QED) is 0.827. The summed E-state index contributed by atoms with van der Waals surface area (Å²) in [5.41, 5.74) is 8.22. The van der Waals surface area contributed by atoms with Crippen LogP contribution in [0.15, 0.2) is 47.5 Å². The third-order valence-electron chi connectivity index (χ3n) is 5.95. The predicted octanol–water partition coefficient (Wildman–Crippen LogP) is 3.10. The van der Waals surface area contributed by atoms with Gasteiger partial charge in [-0.05, 0) is 55.2 Å². The lowest BCUT2D eigenvalue weighted by atomic mass is 9.72. The molecule has 1 fully saturated rings. The van der Waals surface area contributed by atoms with Gasteiger partial charge in [-0.25, -0.2) is 4.99 Å². The van der Waals surface area contributed by atoms with Crippen LogP contribution in [0.1, 0.15) is 30.9 Å². The fourth-order valence-corrected chi connectivity index (χ4v) is 4.69. The van der Waals surface area contributed by atoms with Crippen LogP contribution >= 0.6 is 0 Å². The molecule has 6 nitrogen and oxygen atoms in total. The van der Waals surface area contributed by atoms with E-state index in [1.54, 1.807) is 6.07 Å². The van der Waals surface area contributed by atoms with Crippen molar-refractivity contribution in [2.24, 2.45) is 10.7 Å². The molecule has 3 aliphatic rings. The molecular formula is C22H21N3O3. The van der Waals surface area contributed by atoms with Crippen molar-refractivity contribution in [2.45, 2.75) is 37.0 Å². The Kier molecular flexibility index (Phi) is 3.65. The molecule has 3 heterocycles. The number of nitrogens with two attached hydrogens (primary N) is 1. The first-order valence-electron chi connectivity index (χ1n) is 9.48. The Morgan fingerprint density at radius 1 is 1.21 bits per heavy atom. The van der Waals surface area contributed by atoms with Crippen LogP contribution in [-0.2, 0) is 15.0 Å². The second-order valence-corrected chi connectivity index (χ2v) is 7.84. The van der Waals surface area contributed by atoms with Crippen molar-refractivity contribution < 1.29 is 14.2 Å². The van der Waals surface area contributed by atoms with E-state index in [0.29, 0.717) is 18.8 Å². The van der Waals surface area contributed by atoms with E-state index < -0.39 is 11.1 Å². The molecule has 0 radical (unpaired) electrons. The Labute approximate surface area is 163 Å².